The molecule has 0 spiro atoms. The van der Waals surface area contributed by atoms with Crippen molar-refractivity contribution < 1.29 is 90.9 Å². The Balaban J connectivity index is -0.000000173. The number of carbonyl (C=O) groups excluding carboxylic acids is 9. The maximum absolute atomic E-state index is 12.4. The molecule has 4 N–H and O–H groups in total. The normalized spacial score (nSPS) is 10.3. The zero-order valence-electron chi connectivity index (χ0n) is 57.9. The molecule has 0 saturated heterocycles. The van der Waals surface area contributed by atoms with E-state index in [1.54, 1.807) is 145 Å². The van der Waals surface area contributed by atoms with Crippen LogP contribution in [0, 0.1) is 11.9 Å². The van der Waals surface area contributed by atoms with E-state index in [0.717, 1.165) is 25.8 Å². The van der Waals surface area contributed by atoms with Crippen LogP contribution in [0.4, 0.5) is 43.2 Å². The molecule has 0 saturated carbocycles. The van der Waals surface area contributed by atoms with Crippen molar-refractivity contribution in [2.75, 3.05) is 80.5 Å². The Hall–Kier alpha value is -7.04. The van der Waals surface area contributed by atoms with Crippen molar-refractivity contribution in [3.05, 3.63) is 71.8 Å². The minimum Gasteiger partial charge on any atom is -1.51 e. The van der Waals surface area contributed by atoms with Crippen LogP contribution in [-0.2, 0) is 55.8 Å². The van der Waals surface area contributed by atoms with Gasteiger partial charge in [-0.05, 0) is 154 Å². The average Bonchev–Trinajstić information content (AvgIpc) is 1.00. The summed E-state index contributed by atoms with van der Waals surface area (Å²) in [6.45, 7) is 32.8. The summed E-state index contributed by atoms with van der Waals surface area (Å²) >= 11 is 5.32. The predicted molar refractivity (Wildman–Crippen MR) is 377 cm³/mol. The van der Waals surface area contributed by atoms with Gasteiger partial charge < -0.3 is 83.4 Å². The van der Waals surface area contributed by atoms with Crippen molar-refractivity contribution in [1.29, 1.82) is 0 Å². The first-order valence-corrected chi connectivity index (χ1v) is 28.9. The van der Waals surface area contributed by atoms with Crippen LogP contribution < -0.4 is 11.1 Å². The zero-order valence-corrected chi connectivity index (χ0v) is 60.8. The summed E-state index contributed by atoms with van der Waals surface area (Å²) < 4.78 is 50.7. The maximum Gasteiger partial charge on any atom is -0.577 e. The van der Waals surface area contributed by atoms with Crippen LogP contribution in [0.25, 0.3) is 0 Å². The second-order valence-electron chi connectivity index (χ2n) is 25.2. The molecule has 0 bridgehead atoms. The van der Waals surface area contributed by atoms with E-state index in [2.05, 4.69) is 5.32 Å². The molecule has 27 nitrogen and oxygen atoms in total. The molecular weight excluding hydrogens is 1290 g/mol. The van der Waals surface area contributed by atoms with Gasteiger partial charge in [-0.1, -0.05) is 82.9 Å². The molecule has 0 unspecified atom stereocenters. The first-order valence-electron chi connectivity index (χ1n) is 28.5. The van der Waals surface area contributed by atoms with Gasteiger partial charge in [-0.3, -0.25) is 4.79 Å². The fourth-order valence-corrected chi connectivity index (χ4v) is 5.63. The zero-order chi connectivity index (χ0) is 70.4. The first-order chi connectivity index (χ1) is 41.1. The van der Waals surface area contributed by atoms with Crippen molar-refractivity contribution in [3.8, 4) is 11.9 Å². The summed E-state index contributed by atoms with van der Waals surface area (Å²) in [5, 5.41) is 9.66. The summed E-state index contributed by atoms with van der Waals surface area (Å²) in [6.07, 6.45) is -4.25. The molecule has 548 valence electrons. The van der Waals surface area contributed by atoms with E-state index < -0.39 is 81.6 Å². The molecule has 0 aliphatic heterocycles. The number of aliphatic hydroxyl groups is 1. The maximum atomic E-state index is 12.4. The van der Waals surface area contributed by atoms with Crippen LogP contribution in [-0.4, -0.2) is 210 Å². The first kappa shape index (κ1) is 104. The summed E-state index contributed by atoms with van der Waals surface area (Å²) in [4.78, 5) is 114. The Morgan fingerprint density at radius 2 is 0.716 bits per heavy atom. The number of likely N-dealkylation sites (N-methyl/N-ethyl adjacent to an activating group) is 4. The third-order valence-corrected chi connectivity index (χ3v) is 9.80. The molecule has 0 aromatic heterocycles. The molecule has 0 radical (unpaired) electrons. The number of nitrogens with zero attached hydrogens (tertiary/aromatic N) is 6. The van der Waals surface area contributed by atoms with Gasteiger partial charge in [-0.25, -0.2) is 53.1 Å². The fourth-order valence-electron chi connectivity index (χ4n) is 5.55. The number of benzene rings is 2. The number of amides is 9. The Morgan fingerprint density at radius 3 is 0.926 bits per heavy atom. The molecule has 0 aliphatic rings. The number of nitrogens with two attached hydrogens (primary N) is 1. The summed E-state index contributed by atoms with van der Waals surface area (Å²) in [7, 11) is 6.70. The van der Waals surface area contributed by atoms with E-state index in [1.807, 2.05) is 60.7 Å². The largest absolute Gasteiger partial charge is 1.51 e. The second kappa shape index (κ2) is 51.3. The molecule has 31 heteroatoms. The number of halogens is 1. The quantitative estimate of drug-likeness (QED) is 0.0372. The van der Waals surface area contributed by atoms with Gasteiger partial charge >= 0.3 is 83.0 Å². The average molecular weight is 1410 g/mol. The Bertz CT molecular complexity index is 2520. The number of nitrogens with one attached hydrogen (secondary N) is 1. The molecule has 2 aromatic rings. The van der Waals surface area contributed by atoms with Gasteiger partial charge in [0.2, 0.25) is 0 Å². The second-order valence-corrected chi connectivity index (χ2v) is 25.5. The molecule has 95 heavy (non-hydrogen) atoms. The van der Waals surface area contributed by atoms with Gasteiger partial charge in [-0.2, -0.15) is 0 Å². The molecule has 9 amide bonds. The monoisotopic (exact) mass is 1410 g/mol. The molecule has 2 aromatic carbocycles. The van der Waals surface area contributed by atoms with Gasteiger partial charge in [0.15, 0.2) is 0 Å². The van der Waals surface area contributed by atoms with Crippen molar-refractivity contribution in [2.45, 2.75) is 194 Å². The third kappa shape index (κ3) is 58.1. The minimum atomic E-state index is -0.836. The summed E-state index contributed by atoms with van der Waals surface area (Å²) in [5.41, 5.74) is 2.78. The Kier molecular flexibility index (Phi) is 56.1. The van der Waals surface area contributed by atoms with Crippen LogP contribution in [0.1, 0.15) is 158 Å². The third-order valence-electron chi connectivity index (χ3n) is 9.51. The van der Waals surface area contributed by atoms with E-state index >= 15 is 0 Å². The fraction of sp³-hybridized carbons (Fsp3) is 0.641. The van der Waals surface area contributed by atoms with E-state index in [1.165, 1.54) is 34.9 Å². The van der Waals surface area contributed by atoms with Crippen molar-refractivity contribution in [1.82, 2.24) is 34.7 Å². The smallest absolute Gasteiger partial charge is 0.577 e. The van der Waals surface area contributed by atoms with Crippen LogP contribution in [0.5, 0.6) is 0 Å². The molecular formula is C64H115BClN8O19P2-3. The number of hydrogen-bond donors (Lipinski definition) is 3. The number of ether oxygens (including phenoxy) is 8. The van der Waals surface area contributed by atoms with Crippen molar-refractivity contribution in [3.63, 3.8) is 0 Å². The van der Waals surface area contributed by atoms with Crippen LogP contribution >= 0.6 is 31.4 Å². The molecule has 2 rings (SSSR count). The van der Waals surface area contributed by atoms with E-state index in [9.17, 15) is 43.2 Å². The molecule has 0 fully saturated rings. The Morgan fingerprint density at radius 1 is 0.463 bits per heavy atom. The summed E-state index contributed by atoms with van der Waals surface area (Å²) in [6, 6.07) is 18.8. The van der Waals surface area contributed by atoms with E-state index in [-0.39, 0.29) is 87.5 Å². The van der Waals surface area contributed by atoms with E-state index in [0.29, 0.717) is 33.4 Å². The van der Waals surface area contributed by atoms with Crippen molar-refractivity contribution >= 4 is 92.7 Å². The standard InChI is InChI=1S/C21H32N2O6.C14H25ClN2O5.C13H26N2O4.C11H16N2O2.C2HBO2.3CH4.H2P.HP/c1-20(2,3)28-18(25)23(19(26)29-21(4,5)6)14-13-22(7)17(24)27-15-16-11-9-8-10-12-16;1-13(2,3)21-11(19)17(9-8-16(7)10(15)18)12(20)22-14(4,5)6;1-12(2,3)18-10(16)15(9-8-14-7)11(17)19-13(4,5)6;1-13(8-7-12)11(14)15-9-10-5-3-2-4-6-10;4-2-1-3-5;;;;;/h8-12H,13-15H2,1-7H3;8-9H2,1-7H3;14H,8-9H2,1-7H3;2-6H,7-9,12H2,1H3;4H;3*1H4;1H2;1H/q;;;;;;;;-1;-2. The Labute approximate surface area is 579 Å². The van der Waals surface area contributed by atoms with Crippen molar-refractivity contribution in [2.24, 2.45) is 5.73 Å². The SMILES string of the molecule is C.C.C.CN(CCN(C(=O)OC(C)(C)C)C(=O)OC(C)(C)C)C(=O)Cl.CN(CCN(C(=O)OC(C)(C)C)C(=O)OC(C)(C)C)C(=O)OCc1ccccc1.CN(CCN)C(=O)OCc1ccccc1.CNCCN(C(=O)OC(C)(C)C)C(=O)OC(C)(C)C.O=BC#CO.[PH-2].[PH2-]. The van der Waals surface area contributed by atoms with Gasteiger partial charge in [0.25, 0.3) is 0 Å². The molecule has 0 aliphatic carbocycles. The van der Waals surface area contributed by atoms with Gasteiger partial charge in [0.1, 0.15) is 46.8 Å². The molecule has 0 atom stereocenters. The topological polar surface area (TPSA) is 322 Å². The van der Waals surface area contributed by atoms with Gasteiger partial charge in [-0.15, -0.1) is 0 Å². The summed E-state index contributed by atoms with van der Waals surface area (Å²) in [5.74, 6) is 1.74. The minimum absolute atomic E-state index is 0. The number of carbonyl (C=O) groups is 9. The van der Waals surface area contributed by atoms with Crippen LogP contribution in [0.3, 0.4) is 0 Å². The number of rotatable bonds is 15. The molecule has 0 heterocycles. The van der Waals surface area contributed by atoms with Gasteiger partial charge in [0.05, 0.1) is 13.1 Å². The van der Waals surface area contributed by atoms with Crippen LogP contribution in [0.2, 0.25) is 0 Å². The number of imide groups is 3. The van der Waals surface area contributed by atoms with Gasteiger partial charge in [0, 0.05) is 60.4 Å². The van der Waals surface area contributed by atoms with E-state index in [4.69, 9.17) is 65.0 Å². The predicted octanol–water partition coefficient (Wildman–Crippen LogP) is 13.6. The van der Waals surface area contributed by atoms with Crippen LogP contribution in [0.15, 0.2) is 60.7 Å². The number of aliphatic hydroxyl groups excluding tert-OH is 1. The number of hydrogen-bond acceptors (Lipinski definition) is 21.